The Bertz CT molecular complexity index is 1080. The predicted molar refractivity (Wildman–Crippen MR) is 122 cm³/mol. The summed E-state index contributed by atoms with van der Waals surface area (Å²) in [6.07, 6.45) is 3.22. The molecule has 0 bridgehead atoms. The van der Waals surface area contributed by atoms with E-state index in [1.54, 1.807) is 24.5 Å². The smallest absolute Gasteiger partial charge is 0.248 e. The van der Waals surface area contributed by atoms with E-state index in [4.69, 9.17) is 19.6 Å². The second-order valence-electron chi connectivity index (χ2n) is 7.32. The summed E-state index contributed by atoms with van der Waals surface area (Å²) in [5, 5.41) is 6.64. The number of fused-ring (bicyclic) bond motifs is 1. The fraction of sp³-hybridized carbons (Fsp3) is 0.250. The first-order chi connectivity index (χ1) is 15.7. The van der Waals surface area contributed by atoms with Gasteiger partial charge in [-0.25, -0.2) is 4.99 Å². The number of carbonyl (C=O) groups excluding carboxylic acids is 1. The Kier molecular flexibility index (Phi) is 6.91. The van der Waals surface area contributed by atoms with Crippen molar-refractivity contribution in [2.75, 3.05) is 25.1 Å². The van der Waals surface area contributed by atoms with Crippen LogP contribution in [0.3, 0.4) is 0 Å². The van der Waals surface area contributed by atoms with Crippen molar-refractivity contribution in [2.45, 2.75) is 19.4 Å². The molecule has 0 radical (unpaired) electrons. The Morgan fingerprint density at radius 2 is 1.91 bits per heavy atom. The first kappa shape index (κ1) is 21.3. The highest BCUT2D eigenvalue weighted by Crippen LogP contribution is 2.32. The first-order valence-electron chi connectivity index (χ1n) is 10.5. The highest BCUT2D eigenvalue weighted by Gasteiger charge is 2.12. The number of nitrogens with two attached hydrogens (primary N) is 1. The lowest BCUT2D eigenvalue weighted by Gasteiger charge is -2.14. The average Bonchev–Trinajstić information content (AvgIpc) is 3.21. The van der Waals surface area contributed by atoms with Crippen molar-refractivity contribution in [3.8, 4) is 11.5 Å². The van der Waals surface area contributed by atoms with Crippen molar-refractivity contribution in [1.82, 2.24) is 5.32 Å². The van der Waals surface area contributed by atoms with Gasteiger partial charge in [0.2, 0.25) is 5.91 Å². The van der Waals surface area contributed by atoms with Gasteiger partial charge in [-0.05, 0) is 42.0 Å². The van der Waals surface area contributed by atoms with E-state index < -0.39 is 5.91 Å². The van der Waals surface area contributed by atoms with Gasteiger partial charge in [-0.2, -0.15) is 0 Å². The van der Waals surface area contributed by atoms with Crippen molar-refractivity contribution < 1.29 is 18.7 Å². The number of anilines is 1. The van der Waals surface area contributed by atoms with Gasteiger partial charge in [0.1, 0.15) is 5.76 Å². The van der Waals surface area contributed by atoms with Crippen LogP contribution in [-0.4, -0.2) is 31.6 Å². The minimum absolute atomic E-state index is 0.377. The molecule has 4 rings (SSSR count). The van der Waals surface area contributed by atoms with Gasteiger partial charge in [0.05, 0.1) is 26.0 Å². The van der Waals surface area contributed by atoms with Crippen molar-refractivity contribution in [3.63, 3.8) is 0 Å². The Balaban J connectivity index is 1.49. The monoisotopic (exact) mass is 434 g/mol. The molecule has 1 amide bonds. The van der Waals surface area contributed by atoms with Crippen LogP contribution >= 0.6 is 0 Å². The number of rotatable bonds is 7. The van der Waals surface area contributed by atoms with E-state index in [9.17, 15) is 4.79 Å². The zero-order valence-corrected chi connectivity index (χ0v) is 17.7. The van der Waals surface area contributed by atoms with Crippen LogP contribution in [-0.2, 0) is 13.0 Å². The quantitative estimate of drug-likeness (QED) is 0.389. The van der Waals surface area contributed by atoms with Gasteiger partial charge in [-0.3, -0.25) is 4.79 Å². The first-order valence-corrected chi connectivity index (χ1v) is 10.5. The number of primary amides is 1. The van der Waals surface area contributed by atoms with Crippen LogP contribution in [0.1, 0.15) is 28.1 Å². The van der Waals surface area contributed by atoms with Crippen molar-refractivity contribution in [2.24, 2.45) is 10.7 Å². The number of carbonyl (C=O) groups is 1. The number of guanidine groups is 1. The Morgan fingerprint density at radius 1 is 1.03 bits per heavy atom. The second-order valence-corrected chi connectivity index (χ2v) is 7.32. The minimum atomic E-state index is -0.460. The van der Waals surface area contributed by atoms with E-state index in [2.05, 4.69) is 15.6 Å². The molecule has 8 nitrogen and oxygen atoms in total. The summed E-state index contributed by atoms with van der Waals surface area (Å²) in [5.74, 6) is 2.47. The van der Waals surface area contributed by atoms with Crippen LogP contribution in [0.4, 0.5) is 5.69 Å². The highest BCUT2D eigenvalue weighted by atomic mass is 16.5. The van der Waals surface area contributed by atoms with Gasteiger partial charge >= 0.3 is 0 Å². The topological polar surface area (TPSA) is 111 Å². The summed E-state index contributed by atoms with van der Waals surface area (Å²) < 4.78 is 16.9. The molecule has 1 aliphatic rings. The molecule has 0 unspecified atom stereocenters. The number of hydrogen-bond acceptors (Lipinski definition) is 5. The Hall–Kier alpha value is -3.94. The van der Waals surface area contributed by atoms with Gasteiger partial charge in [-0.1, -0.05) is 12.1 Å². The standard InChI is InChI=1S/C24H26N4O4/c25-23(29)18-5-1-4-17(14-18)16-27-24(26-10-9-20-6-2-11-30-20)28-19-7-8-21-22(15-19)32-13-3-12-31-21/h1-2,4-8,11,14-15H,3,9-10,12-13,16H2,(H2,25,29)(H2,26,27,28). The van der Waals surface area contributed by atoms with Crippen molar-refractivity contribution in [1.29, 1.82) is 0 Å². The van der Waals surface area contributed by atoms with Crippen molar-refractivity contribution >= 4 is 17.6 Å². The molecule has 166 valence electrons. The fourth-order valence-electron chi connectivity index (χ4n) is 3.27. The maximum Gasteiger partial charge on any atom is 0.248 e. The Labute approximate surface area is 186 Å². The molecule has 0 spiro atoms. The van der Waals surface area contributed by atoms with Gasteiger partial charge in [0.15, 0.2) is 17.5 Å². The largest absolute Gasteiger partial charge is 0.490 e. The molecule has 0 atom stereocenters. The summed E-state index contributed by atoms with van der Waals surface area (Å²) in [6, 6.07) is 16.7. The number of ether oxygens (including phenoxy) is 2. The lowest BCUT2D eigenvalue weighted by atomic mass is 10.1. The van der Waals surface area contributed by atoms with Crippen LogP contribution in [0.15, 0.2) is 70.3 Å². The zero-order valence-electron chi connectivity index (χ0n) is 17.7. The van der Waals surface area contributed by atoms with E-state index in [0.717, 1.165) is 29.2 Å². The number of furan rings is 1. The molecular formula is C24H26N4O4. The summed E-state index contributed by atoms with van der Waals surface area (Å²) in [7, 11) is 0. The number of benzene rings is 2. The maximum atomic E-state index is 11.5. The van der Waals surface area contributed by atoms with Gasteiger partial charge in [0, 0.05) is 36.7 Å². The van der Waals surface area contributed by atoms with Crippen LogP contribution in [0, 0.1) is 0 Å². The molecule has 1 aliphatic heterocycles. The van der Waals surface area contributed by atoms with E-state index >= 15 is 0 Å². The van der Waals surface area contributed by atoms with Gasteiger partial charge < -0.3 is 30.3 Å². The van der Waals surface area contributed by atoms with E-state index in [-0.39, 0.29) is 0 Å². The van der Waals surface area contributed by atoms with E-state index in [0.29, 0.717) is 50.0 Å². The molecule has 0 saturated heterocycles. The summed E-state index contributed by atoms with van der Waals surface area (Å²) in [5.41, 5.74) is 7.55. The average molecular weight is 434 g/mol. The van der Waals surface area contributed by atoms with E-state index in [1.807, 2.05) is 36.4 Å². The molecule has 1 aromatic heterocycles. The number of amides is 1. The maximum absolute atomic E-state index is 11.5. The zero-order chi connectivity index (χ0) is 22.2. The molecule has 2 aromatic carbocycles. The van der Waals surface area contributed by atoms with Crippen LogP contribution in [0.5, 0.6) is 11.5 Å². The number of hydrogen-bond donors (Lipinski definition) is 3. The highest BCUT2D eigenvalue weighted by molar-refractivity contribution is 5.94. The molecule has 8 heteroatoms. The number of aliphatic imine (C=N–C) groups is 1. The van der Waals surface area contributed by atoms with Crippen LogP contribution < -0.4 is 25.8 Å². The normalized spacial score (nSPS) is 13.3. The van der Waals surface area contributed by atoms with Crippen LogP contribution in [0.2, 0.25) is 0 Å². The molecule has 2 heterocycles. The fourth-order valence-corrected chi connectivity index (χ4v) is 3.27. The Morgan fingerprint density at radius 3 is 2.72 bits per heavy atom. The lowest BCUT2D eigenvalue weighted by molar-refractivity contribution is 0.1000. The molecular weight excluding hydrogens is 408 g/mol. The summed E-state index contributed by atoms with van der Waals surface area (Å²) >= 11 is 0. The molecule has 32 heavy (non-hydrogen) atoms. The third-order valence-electron chi connectivity index (χ3n) is 4.89. The molecule has 0 fully saturated rings. The van der Waals surface area contributed by atoms with Gasteiger partial charge in [-0.15, -0.1) is 0 Å². The molecule has 4 N–H and O–H groups in total. The van der Waals surface area contributed by atoms with Gasteiger partial charge in [0.25, 0.3) is 0 Å². The second kappa shape index (κ2) is 10.4. The summed E-state index contributed by atoms with van der Waals surface area (Å²) in [6.45, 7) is 2.27. The minimum Gasteiger partial charge on any atom is -0.490 e. The van der Waals surface area contributed by atoms with Crippen LogP contribution in [0.25, 0.3) is 0 Å². The number of nitrogens with one attached hydrogen (secondary N) is 2. The SMILES string of the molecule is NC(=O)c1cccc(CN=C(NCCc2ccco2)Nc2ccc3c(c2)OCCCO3)c1. The third kappa shape index (κ3) is 5.81. The van der Waals surface area contributed by atoms with Crippen molar-refractivity contribution in [3.05, 3.63) is 77.7 Å². The predicted octanol–water partition coefficient (Wildman–Crippen LogP) is 3.34. The lowest BCUT2D eigenvalue weighted by Crippen LogP contribution is -2.32. The third-order valence-corrected chi connectivity index (χ3v) is 4.89. The molecule has 0 saturated carbocycles. The number of nitrogens with zero attached hydrogens (tertiary/aromatic N) is 1. The van der Waals surface area contributed by atoms with E-state index in [1.165, 1.54) is 0 Å². The molecule has 3 aromatic rings. The summed E-state index contributed by atoms with van der Waals surface area (Å²) in [4.78, 5) is 16.1. The molecule has 0 aliphatic carbocycles.